The molecule has 0 bridgehead atoms. The first-order valence-electron chi connectivity index (χ1n) is 7.75. The number of fused-ring (bicyclic) bond motifs is 1. The van der Waals surface area contributed by atoms with Crippen molar-refractivity contribution in [1.82, 2.24) is 9.88 Å². The fraction of sp³-hybridized carbons (Fsp3) is 0.471. The summed E-state index contributed by atoms with van der Waals surface area (Å²) in [5.74, 6) is 0.531. The average Bonchev–Trinajstić information content (AvgIpc) is 3.02. The lowest BCUT2D eigenvalue weighted by molar-refractivity contribution is 0.0622. The van der Waals surface area contributed by atoms with Gasteiger partial charge in [-0.1, -0.05) is 18.9 Å². The monoisotopic (exact) mass is 285 g/mol. The Hall–Kier alpha value is -1.81. The number of rotatable bonds is 3. The highest BCUT2D eigenvalue weighted by molar-refractivity contribution is 6.06. The van der Waals surface area contributed by atoms with Gasteiger partial charge in [0.2, 0.25) is 0 Å². The Balaban J connectivity index is 1.88. The van der Waals surface area contributed by atoms with Gasteiger partial charge in [0.15, 0.2) is 0 Å². The van der Waals surface area contributed by atoms with E-state index in [1.807, 2.05) is 42.4 Å². The highest BCUT2D eigenvalue weighted by Crippen LogP contribution is 2.29. The number of amides is 1. The van der Waals surface area contributed by atoms with Crippen molar-refractivity contribution in [2.75, 3.05) is 13.6 Å². The second-order valence-electron chi connectivity index (χ2n) is 6.01. The summed E-state index contributed by atoms with van der Waals surface area (Å²) in [5.41, 5.74) is 7.68. The molecule has 0 aliphatic heterocycles. The number of aromatic nitrogens is 1. The molecule has 1 aromatic carbocycles. The van der Waals surface area contributed by atoms with Crippen LogP contribution >= 0.6 is 0 Å². The van der Waals surface area contributed by atoms with Crippen LogP contribution in [0.25, 0.3) is 10.9 Å². The average molecular weight is 285 g/mol. The lowest BCUT2D eigenvalue weighted by atomic mass is 9.83. The molecule has 1 heterocycles. The zero-order valence-electron chi connectivity index (χ0n) is 12.5. The van der Waals surface area contributed by atoms with Gasteiger partial charge in [0, 0.05) is 35.8 Å². The van der Waals surface area contributed by atoms with E-state index in [9.17, 15) is 4.79 Å². The van der Waals surface area contributed by atoms with Crippen molar-refractivity contribution in [3.8, 4) is 0 Å². The number of nitrogens with zero attached hydrogens (tertiary/aromatic N) is 1. The van der Waals surface area contributed by atoms with Gasteiger partial charge in [-0.25, -0.2) is 0 Å². The van der Waals surface area contributed by atoms with Crippen LogP contribution in [-0.4, -0.2) is 35.4 Å². The first kappa shape index (κ1) is 14.1. The van der Waals surface area contributed by atoms with Gasteiger partial charge >= 0.3 is 0 Å². The number of hydrogen-bond acceptors (Lipinski definition) is 2. The maximum Gasteiger partial charge on any atom is 0.254 e. The number of hydrogen-bond donors (Lipinski definition) is 2. The van der Waals surface area contributed by atoms with Crippen molar-refractivity contribution in [2.45, 2.75) is 31.7 Å². The maximum absolute atomic E-state index is 12.9. The van der Waals surface area contributed by atoms with E-state index >= 15 is 0 Å². The smallest absolute Gasteiger partial charge is 0.254 e. The summed E-state index contributed by atoms with van der Waals surface area (Å²) in [7, 11) is 1.92. The molecule has 0 spiro atoms. The molecular weight excluding hydrogens is 262 g/mol. The Morgan fingerprint density at radius 2 is 2.14 bits per heavy atom. The Morgan fingerprint density at radius 3 is 2.95 bits per heavy atom. The molecule has 2 aromatic rings. The van der Waals surface area contributed by atoms with Gasteiger partial charge in [0.1, 0.15) is 0 Å². The Morgan fingerprint density at radius 1 is 1.33 bits per heavy atom. The van der Waals surface area contributed by atoms with Crippen molar-refractivity contribution >= 4 is 16.8 Å². The van der Waals surface area contributed by atoms with Crippen molar-refractivity contribution in [3.63, 3.8) is 0 Å². The van der Waals surface area contributed by atoms with Crippen LogP contribution in [0.1, 0.15) is 36.0 Å². The van der Waals surface area contributed by atoms with Crippen LogP contribution in [0.3, 0.4) is 0 Å². The summed E-state index contributed by atoms with van der Waals surface area (Å²) in [6.45, 7) is 0.663. The van der Waals surface area contributed by atoms with Gasteiger partial charge in [-0.2, -0.15) is 0 Å². The zero-order valence-corrected chi connectivity index (χ0v) is 12.5. The van der Waals surface area contributed by atoms with E-state index in [0.29, 0.717) is 12.5 Å². The molecule has 3 rings (SSSR count). The number of carbonyl (C=O) groups is 1. The minimum atomic E-state index is 0.102. The SMILES string of the molecule is CN(C(=O)c1cccc2[nH]ccc12)C1CCCCC1CN. The third kappa shape index (κ3) is 2.56. The van der Waals surface area contributed by atoms with E-state index in [-0.39, 0.29) is 11.9 Å². The molecule has 0 saturated heterocycles. The summed E-state index contributed by atoms with van der Waals surface area (Å²) in [4.78, 5) is 18.0. The summed E-state index contributed by atoms with van der Waals surface area (Å²) < 4.78 is 0. The minimum Gasteiger partial charge on any atom is -0.361 e. The van der Waals surface area contributed by atoms with Crippen molar-refractivity contribution < 1.29 is 4.79 Å². The first-order chi connectivity index (χ1) is 10.2. The van der Waals surface area contributed by atoms with E-state index in [2.05, 4.69) is 4.98 Å². The largest absolute Gasteiger partial charge is 0.361 e. The molecule has 0 radical (unpaired) electrons. The Bertz CT molecular complexity index is 634. The standard InChI is InChI=1S/C17H23N3O/c1-20(16-8-3-2-5-12(16)11-18)17(21)14-6-4-7-15-13(14)9-10-19-15/h4,6-7,9-10,12,16,19H,2-3,5,8,11,18H2,1H3. The molecule has 1 aromatic heterocycles. The van der Waals surface area contributed by atoms with E-state index in [1.165, 1.54) is 12.8 Å². The molecule has 3 N–H and O–H groups in total. The number of carbonyl (C=O) groups excluding carboxylic acids is 1. The van der Waals surface area contributed by atoms with E-state index < -0.39 is 0 Å². The van der Waals surface area contributed by atoms with Gasteiger partial charge in [-0.05, 0) is 43.5 Å². The lowest BCUT2D eigenvalue weighted by Gasteiger charge is -2.37. The zero-order chi connectivity index (χ0) is 14.8. The third-order valence-electron chi connectivity index (χ3n) is 4.81. The molecule has 1 aliphatic carbocycles. The molecule has 1 amide bonds. The van der Waals surface area contributed by atoms with Gasteiger partial charge in [-0.15, -0.1) is 0 Å². The topological polar surface area (TPSA) is 62.1 Å². The van der Waals surface area contributed by atoms with Crippen molar-refractivity contribution in [2.24, 2.45) is 11.7 Å². The molecule has 1 fully saturated rings. The van der Waals surface area contributed by atoms with Gasteiger partial charge in [0.25, 0.3) is 5.91 Å². The predicted octanol–water partition coefficient (Wildman–Crippen LogP) is 2.76. The van der Waals surface area contributed by atoms with Crippen LogP contribution < -0.4 is 5.73 Å². The highest BCUT2D eigenvalue weighted by atomic mass is 16.2. The van der Waals surface area contributed by atoms with Crippen LogP contribution in [0.4, 0.5) is 0 Å². The maximum atomic E-state index is 12.9. The highest BCUT2D eigenvalue weighted by Gasteiger charge is 2.30. The van der Waals surface area contributed by atoms with Crippen LogP contribution in [0.15, 0.2) is 30.5 Å². The fourth-order valence-electron chi connectivity index (χ4n) is 3.59. The second kappa shape index (κ2) is 5.90. The normalized spacial score (nSPS) is 22.4. The number of nitrogens with one attached hydrogen (secondary N) is 1. The van der Waals surface area contributed by atoms with E-state index in [0.717, 1.165) is 29.3 Å². The lowest BCUT2D eigenvalue weighted by Crippen LogP contribution is -2.45. The fourth-order valence-corrected chi connectivity index (χ4v) is 3.59. The van der Waals surface area contributed by atoms with E-state index in [4.69, 9.17) is 5.73 Å². The molecule has 1 saturated carbocycles. The van der Waals surface area contributed by atoms with Crippen LogP contribution in [0.5, 0.6) is 0 Å². The Labute approximate surface area is 125 Å². The van der Waals surface area contributed by atoms with E-state index in [1.54, 1.807) is 0 Å². The van der Waals surface area contributed by atoms with Gasteiger partial charge in [0.05, 0.1) is 0 Å². The molecule has 2 atom stereocenters. The minimum absolute atomic E-state index is 0.102. The molecule has 4 nitrogen and oxygen atoms in total. The molecule has 1 aliphatic rings. The predicted molar refractivity (Wildman–Crippen MR) is 85.2 cm³/mol. The van der Waals surface area contributed by atoms with Gasteiger partial charge < -0.3 is 15.6 Å². The summed E-state index contributed by atoms with van der Waals surface area (Å²) in [6, 6.07) is 8.08. The molecule has 4 heteroatoms. The number of nitrogens with two attached hydrogens (primary N) is 1. The van der Waals surface area contributed by atoms with Gasteiger partial charge in [-0.3, -0.25) is 4.79 Å². The molecule has 112 valence electrons. The summed E-state index contributed by atoms with van der Waals surface area (Å²) in [5, 5.41) is 0.995. The number of aromatic amines is 1. The summed E-state index contributed by atoms with van der Waals surface area (Å²) in [6.07, 6.45) is 6.49. The quantitative estimate of drug-likeness (QED) is 0.911. The number of H-pyrrole nitrogens is 1. The second-order valence-corrected chi connectivity index (χ2v) is 6.01. The van der Waals surface area contributed by atoms with Crippen LogP contribution in [0, 0.1) is 5.92 Å². The van der Waals surface area contributed by atoms with Crippen LogP contribution in [0.2, 0.25) is 0 Å². The molecule has 21 heavy (non-hydrogen) atoms. The van der Waals surface area contributed by atoms with Crippen molar-refractivity contribution in [3.05, 3.63) is 36.0 Å². The molecular formula is C17H23N3O. The number of benzene rings is 1. The summed E-state index contributed by atoms with van der Waals surface area (Å²) >= 11 is 0. The van der Waals surface area contributed by atoms with Crippen LogP contribution in [-0.2, 0) is 0 Å². The Kier molecular flexibility index (Phi) is 3.97. The third-order valence-corrected chi connectivity index (χ3v) is 4.81. The first-order valence-corrected chi connectivity index (χ1v) is 7.75. The molecule has 2 unspecified atom stereocenters. The van der Waals surface area contributed by atoms with Crippen molar-refractivity contribution in [1.29, 1.82) is 0 Å².